The number of hydrogen-bond donors (Lipinski definition) is 2. The average Bonchev–Trinajstić information content (AvgIpc) is 2.70. The van der Waals surface area contributed by atoms with E-state index in [0.717, 1.165) is 0 Å². The molecular formula is C12H17IN2O6. The van der Waals surface area contributed by atoms with Gasteiger partial charge in [-0.15, -0.1) is 0 Å². The van der Waals surface area contributed by atoms with Crippen LogP contribution < -0.4 is 11.2 Å². The summed E-state index contributed by atoms with van der Waals surface area (Å²) in [7, 11) is 1.45. The van der Waals surface area contributed by atoms with Gasteiger partial charge in [0.15, 0.2) is 12.0 Å². The van der Waals surface area contributed by atoms with E-state index in [4.69, 9.17) is 14.2 Å². The van der Waals surface area contributed by atoms with E-state index in [1.165, 1.54) is 17.9 Å². The summed E-state index contributed by atoms with van der Waals surface area (Å²) in [6.45, 7) is 3.40. The highest BCUT2D eigenvalue weighted by molar-refractivity contribution is 14.1. The van der Waals surface area contributed by atoms with Crippen LogP contribution in [0, 0.1) is 3.57 Å². The highest BCUT2D eigenvalue weighted by Crippen LogP contribution is 2.35. The number of H-pyrrole nitrogens is 1. The molecule has 0 amide bonds. The Bertz CT molecular complexity index is 625. The fourth-order valence-corrected chi connectivity index (χ4v) is 2.61. The van der Waals surface area contributed by atoms with Crippen molar-refractivity contribution in [2.45, 2.75) is 38.1 Å². The van der Waals surface area contributed by atoms with Gasteiger partial charge in [0.1, 0.15) is 12.2 Å². The van der Waals surface area contributed by atoms with Gasteiger partial charge in [-0.25, -0.2) is 4.79 Å². The van der Waals surface area contributed by atoms with Crippen molar-refractivity contribution in [2.24, 2.45) is 0 Å². The number of rotatable bonds is 4. The summed E-state index contributed by atoms with van der Waals surface area (Å²) in [6, 6.07) is 0. The average molecular weight is 412 g/mol. The summed E-state index contributed by atoms with van der Waals surface area (Å²) in [4.78, 5) is 25.6. The molecule has 21 heavy (non-hydrogen) atoms. The summed E-state index contributed by atoms with van der Waals surface area (Å²) in [5.41, 5.74) is -1.09. The summed E-state index contributed by atoms with van der Waals surface area (Å²) in [6.07, 6.45) is -1.25. The Labute approximate surface area is 134 Å². The molecule has 0 saturated carbocycles. The number of halogens is 1. The molecular weight excluding hydrogens is 395 g/mol. The summed E-state index contributed by atoms with van der Waals surface area (Å²) < 4.78 is 17.8. The molecule has 8 nitrogen and oxygen atoms in total. The molecule has 1 saturated heterocycles. The van der Waals surface area contributed by atoms with Gasteiger partial charge < -0.3 is 19.3 Å². The third kappa shape index (κ3) is 3.54. The molecule has 0 spiro atoms. The second-order valence-corrected chi connectivity index (χ2v) is 6.32. The van der Waals surface area contributed by atoms with Crippen LogP contribution in [0.3, 0.4) is 0 Å². The van der Waals surface area contributed by atoms with E-state index < -0.39 is 35.5 Å². The lowest BCUT2D eigenvalue weighted by Crippen LogP contribution is -2.42. The van der Waals surface area contributed by atoms with E-state index in [9.17, 15) is 14.7 Å². The monoisotopic (exact) mass is 412 g/mol. The van der Waals surface area contributed by atoms with Crippen LogP contribution in [0.2, 0.25) is 0 Å². The molecule has 1 aliphatic rings. The molecule has 9 heteroatoms. The van der Waals surface area contributed by atoms with Gasteiger partial charge in [-0.05, 0) is 36.4 Å². The molecule has 1 aliphatic heterocycles. The zero-order chi connectivity index (χ0) is 15.8. The van der Waals surface area contributed by atoms with Crippen LogP contribution in [0.5, 0.6) is 0 Å². The third-order valence-electron chi connectivity index (χ3n) is 3.02. The second-order valence-electron chi connectivity index (χ2n) is 5.16. The van der Waals surface area contributed by atoms with Gasteiger partial charge in [0.25, 0.3) is 5.56 Å². The van der Waals surface area contributed by atoms with Crippen LogP contribution in [0.1, 0.15) is 20.1 Å². The van der Waals surface area contributed by atoms with Crippen LogP contribution in [-0.4, -0.2) is 46.4 Å². The molecule has 0 aromatic carbocycles. The molecule has 2 heterocycles. The number of aromatic amines is 1. The number of nitrogens with one attached hydrogen (secondary N) is 1. The van der Waals surface area contributed by atoms with E-state index in [0.29, 0.717) is 3.57 Å². The van der Waals surface area contributed by atoms with Gasteiger partial charge in [0, 0.05) is 13.3 Å². The first-order valence-electron chi connectivity index (χ1n) is 6.29. The Morgan fingerprint density at radius 2 is 2.19 bits per heavy atom. The third-order valence-corrected chi connectivity index (χ3v) is 3.79. The van der Waals surface area contributed by atoms with Crippen molar-refractivity contribution in [1.29, 1.82) is 0 Å². The molecule has 2 N–H and O–H groups in total. The first-order chi connectivity index (χ1) is 9.75. The van der Waals surface area contributed by atoms with Crippen molar-refractivity contribution in [3.63, 3.8) is 0 Å². The lowest BCUT2D eigenvalue weighted by molar-refractivity contribution is -0.161. The smallest absolute Gasteiger partial charge is 0.330 e. The van der Waals surface area contributed by atoms with E-state index in [1.54, 1.807) is 13.8 Å². The molecule has 0 bridgehead atoms. The van der Waals surface area contributed by atoms with Crippen LogP contribution in [0.25, 0.3) is 0 Å². The maximum Gasteiger partial charge on any atom is 0.330 e. The Hall–Kier alpha value is -0.750. The van der Waals surface area contributed by atoms with E-state index >= 15 is 0 Å². The van der Waals surface area contributed by atoms with Crippen molar-refractivity contribution in [2.75, 3.05) is 13.7 Å². The fraction of sp³-hybridized carbons (Fsp3) is 0.667. The zero-order valence-electron chi connectivity index (χ0n) is 11.8. The van der Waals surface area contributed by atoms with Crippen LogP contribution in [-0.2, 0) is 14.2 Å². The standard InChI is InChI=1S/C12H17IN2O6/c1-12(2)20-8(7(16)5-19-3)10(21-12)15-4-6(13)9(17)14-11(15)18/h4,7-8,10,16H,5H2,1-3H3,(H,14,17,18)/t7-,8-,10+/m1/s1. The minimum atomic E-state index is -0.974. The maximum absolute atomic E-state index is 12.0. The van der Waals surface area contributed by atoms with Gasteiger partial charge in [-0.3, -0.25) is 14.3 Å². The van der Waals surface area contributed by atoms with Gasteiger partial charge in [-0.1, -0.05) is 0 Å². The molecule has 0 radical (unpaired) electrons. The largest absolute Gasteiger partial charge is 0.388 e. The van der Waals surface area contributed by atoms with Gasteiger partial charge >= 0.3 is 5.69 Å². The van der Waals surface area contributed by atoms with Crippen LogP contribution in [0.4, 0.5) is 0 Å². The topological polar surface area (TPSA) is 103 Å². The van der Waals surface area contributed by atoms with Crippen LogP contribution in [0.15, 0.2) is 15.8 Å². The Morgan fingerprint density at radius 1 is 1.52 bits per heavy atom. The first kappa shape index (κ1) is 16.6. The molecule has 0 aliphatic carbocycles. The maximum atomic E-state index is 12.0. The molecule has 0 unspecified atom stereocenters. The lowest BCUT2D eigenvalue weighted by Gasteiger charge is -2.22. The fourth-order valence-electron chi connectivity index (χ4n) is 2.17. The number of aliphatic hydroxyl groups is 1. The van der Waals surface area contributed by atoms with Gasteiger partial charge in [-0.2, -0.15) is 0 Å². The van der Waals surface area contributed by atoms with Crippen molar-refractivity contribution in [1.82, 2.24) is 9.55 Å². The van der Waals surface area contributed by atoms with E-state index in [2.05, 4.69) is 4.98 Å². The zero-order valence-corrected chi connectivity index (χ0v) is 14.0. The number of methoxy groups -OCH3 is 1. The van der Waals surface area contributed by atoms with Crippen molar-refractivity contribution in [3.8, 4) is 0 Å². The molecule has 3 atom stereocenters. The number of hydrogen-bond acceptors (Lipinski definition) is 6. The highest BCUT2D eigenvalue weighted by atomic mass is 127. The first-order valence-corrected chi connectivity index (χ1v) is 7.36. The Morgan fingerprint density at radius 3 is 2.81 bits per heavy atom. The lowest BCUT2D eigenvalue weighted by atomic mass is 10.2. The van der Waals surface area contributed by atoms with E-state index in [1.807, 2.05) is 22.6 Å². The number of nitrogens with zero attached hydrogens (tertiary/aromatic N) is 1. The highest BCUT2D eigenvalue weighted by Gasteiger charge is 2.46. The summed E-state index contributed by atoms with van der Waals surface area (Å²) >= 11 is 1.82. The molecule has 118 valence electrons. The number of aliphatic hydroxyl groups excluding tert-OH is 1. The summed E-state index contributed by atoms with van der Waals surface area (Å²) in [5.74, 6) is -0.967. The number of ether oxygens (including phenoxy) is 3. The van der Waals surface area contributed by atoms with Crippen molar-refractivity contribution in [3.05, 3.63) is 30.6 Å². The molecule has 1 fully saturated rings. The van der Waals surface area contributed by atoms with Crippen LogP contribution >= 0.6 is 22.6 Å². The van der Waals surface area contributed by atoms with E-state index in [-0.39, 0.29) is 6.61 Å². The summed E-state index contributed by atoms with van der Waals surface area (Å²) in [5, 5.41) is 10.1. The quantitative estimate of drug-likeness (QED) is 0.665. The SMILES string of the molecule is COC[C@@H](O)[C@H]1OC(C)(C)O[C@@H]1n1cc(I)c(=O)[nH]c1=O. The van der Waals surface area contributed by atoms with Crippen molar-refractivity contribution >= 4 is 22.6 Å². The van der Waals surface area contributed by atoms with Gasteiger partial charge in [0.05, 0.1) is 10.2 Å². The Kier molecular flexibility index (Phi) is 4.88. The second kappa shape index (κ2) is 6.16. The molecule has 1 aromatic heterocycles. The predicted octanol–water partition coefficient (Wildman–Crippen LogP) is -0.201. The Balaban J connectivity index is 2.42. The van der Waals surface area contributed by atoms with Gasteiger partial charge in [0.2, 0.25) is 0 Å². The normalized spacial score (nSPS) is 26.0. The molecule has 2 rings (SSSR count). The number of aromatic nitrogens is 2. The minimum Gasteiger partial charge on any atom is -0.388 e. The minimum absolute atomic E-state index is 0.0375. The predicted molar refractivity (Wildman–Crippen MR) is 81.0 cm³/mol. The van der Waals surface area contributed by atoms with Crippen molar-refractivity contribution < 1.29 is 19.3 Å². The molecule has 1 aromatic rings.